The van der Waals surface area contributed by atoms with Crippen molar-refractivity contribution in [3.63, 3.8) is 0 Å². The smallest absolute Gasteiger partial charge is 0.329 e. The van der Waals surface area contributed by atoms with Gasteiger partial charge >= 0.3 is 18.0 Å². The van der Waals surface area contributed by atoms with Gasteiger partial charge in [-0.2, -0.15) is 0 Å². The number of aromatic nitrogens is 3. The molecule has 4 heterocycles. The van der Waals surface area contributed by atoms with Crippen LogP contribution in [0.15, 0.2) is 140 Å². The van der Waals surface area contributed by atoms with Crippen LogP contribution in [0, 0.1) is 23.7 Å². The molecule has 3 N–H and O–H groups in total. The first-order valence-electron chi connectivity index (χ1n) is 23.0. The van der Waals surface area contributed by atoms with E-state index in [-0.39, 0.29) is 37.6 Å². The standard InChI is InChI=1S/C54H51N7O9/c1-5-27-55-49(63)43-46-51(65)70-47(36-19-10-7-11-20-36)45(35-17-8-6-9-18-35)61(46)48(37-21-14-22-38(32-37)69-30-29-62)54(43)39-31-34(16-15-28-59-42-24-13-12-23-40(42)57-58-59)25-26-41(39)60(52(54)66)53(67)56-44(33(2)3)50(64)68-4/h5-14,17-26,31-33,43-48,62H,1,27-30H2,2-4H3,(H,55,63)(H,56,67). The zero-order valence-electron chi connectivity index (χ0n) is 38.7. The summed E-state index contributed by atoms with van der Waals surface area (Å²) in [5.74, 6) is 1.67. The summed E-state index contributed by atoms with van der Waals surface area (Å²) in [4.78, 5) is 78.4. The molecule has 1 spiro atoms. The van der Waals surface area contributed by atoms with Crippen LogP contribution in [-0.4, -0.2) is 93.7 Å². The Morgan fingerprint density at radius 1 is 0.900 bits per heavy atom. The number of esters is 2. The average molecular weight is 942 g/mol. The lowest BCUT2D eigenvalue weighted by Crippen LogP contribution is -2.57. The van der Waals surface area contributed by atoms with Crippen LogP contribution in [-0.2, 0) is 40.6 Å². The van der Waals surface area contributed by atoms with Crippen molar-refractivity contribution in [1.82, 2.24) is 30.5 Å². The third kappa shape index (κ3) is 8.22. The number of amides is 4. The highest BCUT2D eigenvalue weighted by molar-refractivity contribution is 6.25. The number of carbonyl (C=O) groups excluding carboxylic acids is 5. The molecule has 2 saturated heterocycles. The van der Waals surface area contributed by atoms with E-state index in [4.69, 9.17) is 14.2 Å². The van der Waals surface area contributed by atoms with E-state index in [9.17, 15) is 9.90 Å². The highest BCUT2D eigenvalue weighted by Gasteiger charge is 2.75. The Balaban J connectivity index is 1.33. The summed E-state index contributed by atoms with van der Waals surface area (Å²) in [6.45, 7) is 7.07. The highest BCUT2D eigenvalue weighted by atomic mass is 16.6. The molecule has 0 radical (unpaired) electrons. The molecule has 0 aliphatic carbocycles. The van der Waals surface area contributed by atoms with Gasteiger partial charge in [0.1, 0.15) is 48.0 Å². The van der Waals surface area contributed by atoms with Crippen LogP contribution < -0.4 is 20.3 Å². The number of aliphatic hydroxyl groups excluding tert-OH is 1. The number of nitrogens with zero attached hydrogens (tertiary/aromatic N) is 5. The minimum Gasteiger partial charge on any atom is -0.491 e. The molecule has 70 heavy (non-hydrogen) atoms. The molecule has 2 fully saturated rings. The Bertz CT molecular complexity index is 3040. The minimum atomic E-state index is -2.12. The normalized spacial score (nSPS) is 21.8. The van der Waals surface area contributed by atoms with E-state index in [1.165, 1.54) is 13.2 Å². The Morgan fingerprint density at radius 2 is 1.61 bits per heavy atom. The molecule has 16 heteroatoms. The first-order valence-corrected chi connectivity index (χ1v) is 23.0. The molecule has 0 bridgehead atoms. The number of hydrogen-bond acceptors (Lipinski definition) is 12. The summed E-state index contributed by atoms with van der Waals surface area (Å²) in [6, 6.07) is 32.4. The summed E-state index contributed by atoms with van der Waals surface area (Å²) >= 11 is 0. The van der Waals surface area contributed by atoms with Crippen molar-refractivity contribution in [1.29, 1.82) is 0 Å². The minimum absolute atomic E-state index is 0.0278. The molecule has 4 amide bonds. The van der Waals surface area contributed by atoms with Gasteiger partial charge in [-0.15, -0.1) is 11.7 Å². The summed E-state index contributed by atoms with van der Waals surface area (Å²) in [5.41, 5.74) is 1.94. The fraction of sp³-hybridized carbons (Fsp3) is 0.278. The van der Waals surface area contributed by atoms with Crippen LogP contribution in [0.1, 0.15) is 59.9 Å². The predicted molar refractivity (Wildman–Crippen MR) is 258 cm³/mol. The first kappa shape index (κ1) is 47.0. The molecule has 5 aromatic carbocycles. The fourth-order valence-corrected chi connectivity index (χ4v) is 10.3. The number of para-hydroxylation sites is 1. The molecule has 0 saturated carbocycles. The molecule has 9 rings (SSSR count). The summed E-state index contributed by atoms with van der Waals surface area (Å²) in [6.07, 6.45) is 0.534. The van der Waals surface area contributed by atoms with Crippen LogP contribution in [0.5, 0.6) is 5.75 Å². The number of nitrogens with one attached hydrogen (secondary N) is 2. The van der Waals surface area contributed by atoms with Crippen molar-refractivity contribution < 1.29 is 43.3 Å². The van der Waals surface area contributed by atoms with Crippen LogP contribution in [0.4, 0.5) is 10.5 Å². The largest absolute Gasteiger partial charge is 0.491 e. The van der Waals surface area contributed by atoms with Gasteiger partial charge in [-0.25, -0.2) is 19.2 Å². The molecule has 16 nitrogen and oxygen atoms in total. The number of ether oxygens (including phenoxy) is 3. The highest BCUT2D eigenvalue weighted by Crippen LogP contribution is 2.66. The second kappa shape index (κ2) is 19.8. The van der Waals surface area contributed by atoms with Gasteiger partial charge in [0.05, 0.1) is 42.9 Å². The number of anilines is 1. The number of hydrogen-bond donors (Lipinski definition) is 3. The van der Waals surface area contributed by atoms with E-state index in [1.54, 1.807) is 61.0 Å². The lowest BCUT2D eigenvalue weighted by molar-refractivity contribution is -0.178. The first-order chi connectivity index (χ1) is 34.0. The topological polar surface area (TPSA) is 195 Å². The number of rotatable bonds is 13. The van der Waals surface area contributed by atoms with Crippen molar-refractivity contribution in [2.75, 3.05) is 31.8 Å². The van der Waals surface area contributed by atoms with Gasteiger partial charge < -0.3 is 30.0 Å². The SMILES string of the molecule is C=CCNC(=O)C1C2C(=O)OC(c3ccccc3)C(c3ccccc3)N2C(c2cccc(OCCO)c2)C12C(=O)N(C(=O)NC(C(=O)OC)C(C)C)c1ccc(C#CCn3nnc4ccccc43)cc12. The molecule has 1 aromatic heterocycles. The number of carbonyl (C=O) groups is 5. The monoisotopic (exact) mass is 941 g/mol. The Morgan fingerprint density at radius 3 is 2.33 bits per heavy atom. The van der Waals surface area contributed by atoms with E-state index in [0.29, 0.717) is 33.5 Å². The zero-order chi connectivity index (χ0) is 49.1. The lowest BCUT2D eigenvalue weighted by atomic mass is 9.65. The van der Waals surface area contributed by atoms with Crippen LogP contribution in [0.25, 0.3) is 11.0 Å². The van der Waals surface area contributed by atoms with Gasteiger partial charge in [-0.1, -0.05) is 122 Å². The Labute approximate surface area is 404 Å². The van der Waals surface area contributed by atoms with E-state index < -0.39 is 77.3 Å². The molecule has 356 valence electrons. The molecule has 6 aromatic rings. The second-order valence-corrected chi connectivity index (χ2v) is 17.5. The Hall–Kier alpha value is -8.13. The van der Waals surface area contributed by atoms with Crippen molar-refractivity contribution in [2.24, 2.45) is 11.8 Å². The van der Waals surface area contributed by atoms with Gasteiger partial charge in [-0.3, -0.25) is 19.3 Å². The number of morpholine rings is 1. The van der Waals surface area contributed by atoms with Crippen molar-refractivity contribution >= 4 is 46.5 Å². The summed E-state index contributed by atoms with van der Waals surface area (Å²) < 4.78 is 19.3. The van der Waals surface area contributed by atoms with Crippen molar-refractivity contribution in [3.05, 3.63) is 168 Å². The van der Waals surface area contributed by atoms with Gasteiger partial charge in [-0.05, 0) is 70.6 Å². The van der Waals surface area contributed by atoms with E-state index in [0.717, 1.165) is 10.4 Å². The molecule has 7 unspecified atom stereocenters. The number of methoxy groups -OCH3 is 1. The van der Waals surface area contributed by atoms with Crippen LogP contribution in [0.2, 0.25) is 0 Å². The molecular formula is C54H51N7O9. The maximum absolute atomic E-state index is 16.5. The third-order valence-corrected chi connectivity index (χ3v) is 13.2. The number of aliphatic hydroxyl groups is 1. The van der Waals surface area contributed by atoms with E-state index in [1.807, 2.05) is 89.8 Å². The zero-order valence-corrected chi connectivity index (χ0v) is 38.7. The summed E-state index contributed by atoms with van der Waals surface area (Å²) in [5, 5.41) is 24.0. The third-order valence-electron chi connectivity index (χ3n) is 13.2. The molecular weight excluding hydrogens is 891 g/mol. The number of cyclic esters (lactones) is 1. The quantitative estimate of drug-likeness (QED) is 0.0725. The maximum Gasteiger partial charge on any atom is 0.329 e. The van der Waals surface area contributed by atoms with Gasteiger partial charge in [0, 0.05) is 12.1 Å². The Kier molecular flexibility index (Phi) is 13.3. The molecule has 7 atom stereocenters. The lowest BCUT2D eigenvalue weighted by Gasteiger charge is -2.46. The number of urea groups is 1. The van der Waals surface area contributed by atoms with Crippen LogP contribution in [0.3, 0.4) is 0 Å². The van der Waals surface area contributed by atoms with E-state index in [2.05, 4.69) is 39.4 Å². The molecule has 3 aliphatic rings. The second-order valence-electron chi connectivity index (χ2n) is 17.5. The van der Waals surface area contributed by atoms with Crippen molar-refractivity contribution in [2.45, 2.75) is 56.1 Å². The summed E-state index contributed by atoms with van der Waals surface area (Å²) in [7, 11) is 1.21. The number of fused-ring (bicyclic) bond motifs is 4. The van der Waals surface area contributed by atoms with Crippen molar-refractivity contribution in [3.8, 4) is 17.6 Å². The maximum atomic E-state index is 16.5. The molecule has 3 aliphatic heterocycles. The average Bonchev–Trinajstić information content (AvgIpc) is 4.02. The predicted octanol–water partition coefficient (Wildman–Crippen LogP) is 5.73. The van der Waals surface area contributed by atoms with Gasteiger partial charge in [0.2, 0.25) is 11.8 Å². The van der Waals surface area contributed by atoms with Crippen LogP contribution >= 0.6 is 0 Å². The number of benzene rings is 5. The van der Waals surface area contributed by atoms with Gasteiger partial charge in [0.25, 0.3) is 0 Å². The van der Waals surface area contributed by atoms with Gasteiger partial charge in [0.15, 0.2) is 0 Å². The number of imide groups is 1. The van der Waals surface area contributed by atoms with E-state index >= 15 is 19.2 Å². The fourth-order valence-electron chi connectivity index (χ4n) is 10.3.